The Morgan fingerprint density at radius 1 is 1.16 bits per heavy atom. The van der Waals surface area contributed by atoms with Gasteiger partial charge in [-0.3, -0.25) is 5.41 Å². The zero-order valence-electron chi connectivity index (χ0n) is 18.7. The van der Waals surface area contributed by atoms with E-state index in [-0.39, 0.29) is 25.4 Å². The first-order valence-electron chi connectivity index (χ1n) is 10.4. The van der Waals surface area contributed by atoms with Crippen molar-refractivity contribution >= 4 is 24.0 Å². The standard InChI is InChI=1S/C22H33N3O6/c1-5-10-18(20(27)28)24(4)21(23)25(22(29)30-15-16(2)3)31-19(26)14-9-13-17-11-7-6-8-12-17/h6-8,11-12,16,18,23H,5,9-10,13-15H2,1-4H3,(H,27,28). The molecule has 0 aliphatic rings. The molecule has 0 heterocycles. The zero-order valence-corrected chi connectivity index (χ0v) is 18.7. The van der Waals surface area contributed by atoms with Gasteiger partial charge in [0.25, 0.3) is 0 Å². The number of carbonyl (C=O) groups excluding carboxylic acids is 2. The Balaban J connectivity index is 2.84. The molecular weight excluding hydrogens is 402 g/mol. The Hall–Kier alpha value is -3.10. The van der Waals surface area contributed by atoms with Gasteiger partial charge in [-0.15, -0.1) is 0 Å². The van der Waals surface area contributed by atoms with Crippen LogP contribution in [0.5, 0.6) is 0 Å². The Bertz CT molecular complexity index is 738. The average molecular weight is 436 g/mol. The van der Waals surface area contributed by atoms with Crippen molar-refractivity contribution in [2.45, 2.75) is 58.9 Å². The summed E-state index contributed by atoms with van der Waals surface area (Å²) in [6.45, 7) is 5.56. The summed E-state index contributed by atoms with van der Waals surface area (Å²) in [6, 6.07) is 8.58. The van der Waals surface area contributed by atoms with Crippen molar-refractivity contribution in [2.24, 2.45) is 5.92 Å². The zero-order chi connectivity index (χ0) is 23.4. The van der Waals surface area contributed by atoms with Crippen LogP contribution in [-0.2, 0) is 25.6 Å². The first kappa shape index (κ1) is 25.9. The molecule has 31 heavy (non-hydrogen) atoms. The van der Waals surface area contributed by atoms with Crippen molar-refractivity contribution < 1.29 is 29.1 Å². The Morgan fingerprint density at radius 3 is 2.35 bits per heavy atom. The SMILES string of the molecule is CCCC(C(=O)O)N(C)C(=N)N(OC(=O)CCCc1ccccc1)C(=O)OCC(C)C. The van der Waals surface area contributed by atoms with Gasteiger partial charge in [0.05, 0.1) is 6.61 Å². The molecule has 1 unspecified atom stereocenters. The molecule has 1 amide bonds. The van der Waals surface area contributed by atoms with Crippen LogP contribution in [0.15, 0.2) is 30.3 Å². The summed E-state index contributed by atoms with van der Waals surface area (Å²) in [5, 5.41) is 18.2. The van der Waals surface area contributed by atoms with Crippen molar-refractivity contribution in [3.05, 3.63) is 35.9 Å². The molecule has 0 spiro atoms. The van der Waals surface area contributed by atoms with E-state index in [9.17, 15) is 19.5 Å². The van der Waals surface area contributed by atoms with E-state index in [0.717, 1.165) is 10.5 Å². The highest BCUT2D eigenvalue weighted by molar-refractivity contribution is 5.94. The predicted octanol–water partition coefficient (Wildman–Crippen LogP) is 3.68. The van der Waals surface area contributed by atoms with Crippen LogP contribution in [0, 0.1) is 11.3 Å². The smallest absolute Gasteiger partial charge is 0.451 e. The maximum atomic E-state index is 12.5. The van der Waals surface area contributed by atoms with Crippen LogP contribution < -0.4 is 0 Å². The molecule has 0 aliphatic heterocycles. The van der Waals surface area contributed by atoms with E-state index in [1.807, 2.05) is 51.1 Å². The van der Waals surface area contributed by atoms with Crippen LogP contribution in [0.3, 0.4) is 0 Å². The number of aryl methyl sites for hydroxylation is 1. The number of nitrogens with one attached hydrogen (secondary N) is 1. The highest BCUT2D eigenvalue weighted by Gasteiger charge is 2.33. The largest absolute Gasteiger partial charge is 0.480 e. The van der Waals surface area contributed by atoms with Crippen LogP contribution in [0.1, 0.15) is 52.0 Å². The number of hydrogen-bond donors (Lipinski definition) is 2. The third kappa shape index (κ3) is 9.06. The second-order valence-electron chi connectivity index (χ2n) is 7.64. The number of carboxylic acids is 1. The molecule has 0 radical (unpaired) electrons. The fraction of sp³-hybridized carbons (Fsp3) is 0.545. The van der Waals surface area contributed by atoms with E-state index in [0.29, 0.717) is 24.3 Å². The summed E-state index contributed by atoms with van der Waals surface area (Å²) in [6.07, 6.45) is 0.955. The molecule has 0 aliphatic carbocycles. The summed E-state index contributed by atoms with van der Waals surface area (Å²) < 4.78 is 5.11. The van der Waals surface area contributed by atoms with E-state index in [1.165, 1.54) is 7.05 Å². The molecule has 0 fully saturated rings. The van der Waals surface area contributed by atoms with Crippen LogP contribution in [0.2, 0.25) is 0 Å². The molecule has 1 aromatic carbocycles. The van der Waals surface area contributed by atoms with Gasteiger partial charge in [0.15, 0.2) is 0 Å². The highest BCUT2D eigenvalue weighted by atomic mass is 16.8. The number of amides is 1. The van der Waals surface area contributed by atoms with Gasteiger partial charge < -0.3 is 19.6 Å². The van der Waals surface area contributed by atoms with E-state index in [1.54, 1.807) is 0 Å². The molecule has 2 N–H and O–H groups in total. The van der Waals surface area contributed by atoms with Crippen LogP contribution in [0.25, 0.3) is 0 Å². The van der Waals surface area contributed by atoms with E-state index >= 15 is 0 Å². The van der Waals surface area contributed by atoms with E-state index in [2.05, 4.69) is 0 Å². The van der Waals surface area contributed by atoms with Gasteiger partial charge in [0, 0.05) is 13.5 Å². The van der Waals surface area contributed by atoms with Crippen molar-refractivity contribution in [2.75, 3.05) is 13.7 Å². The molecule has 1 rings (SSSR count). The maximum absolute atomic E-state index is 12.5. The minimum atomic E-state index is -1.14. The summed E-state index contributed by atoms with van der Waals surface area (Å²) >= 11 is 0. The lowest BCUT2D eigenvalue weighted by Crippen LogP contribution is -2.52. The number of aliphatic carboxylic acids is 1. The monoisotopic (exact) mass is 435 g/mol. The minimum absolute atomic E-state index is 0.0250. The topological polar surface area (TPSA) is 120 Å². The number of benzene rings is 1. The number of carbonyl (C=O) groups is 3. The minimum Gasteiger partial charge on any atom is -0.480 e. The van der Waals surface area contributed by atoms with Crippen LogP contribution in [0.4, 0.5) is 4.79 Å². The molecule has 0 saturated carbocycles. The normalized spacial score (nSPS) is 11.5. The van der Waals surface area contributed by atoms with Crippen LogP contribution >= 0.6 is 0 Å². The van der Waals surface area contributed by atoms with E-state index < -0.39 is 30.0 Å². The van der Waals surface area contributed by atoms with Crippen molar-refractivity contribution in [3.63, 3.8) is 0 Å². The summed E-state index contributed by atoms with van der Waals surface area (Å²) in [5.41, 5.74) is 1.07. The molecule has 9 nitrogen and oxygen atoms in total. The van der Waals surface area contributed by atoms with Gasteiger partial charge in [-0.1, -0.05) is 62.6 Å². The number of carboxylic acid groups (broad SMARTS) is 1. The van der Waals surface area contributed by atoms with Gasteiger partial charge in [-0.05, 0) is 30.7 Å². The summed E-state index contributed by atoms with van der Waals surface area (Å²) in [4.78, 5) is 42.6. The van der Waals surface area contributed by atoms with Crippen molar-refractivity contribution in [1.29, 1.82) is 5.41 Å². The summed E-state index contributed by atoms with van der Waals surface area (Å²) in [7, 11) is 1.36. The van der Waals surface area contributed by atoms with Gasteiger partial charge in [0.2, 0.25) is 5.96 Å². The van der Waals surface area contributed by atoms with Crippen LogP contribution in [-0.4, -0.2) is 58.8 Å². The molecule has 0 bridgehead atoms. The number of nitrogens with zero attached hydrogens (tertiary/aromatic N) is 2. The lowest BCUT2D eigenvalue weighted by atomic mass is 10.1. The van der Waals surface area contributed by atoms with Crippen molar-refractivity contribution in [1.82, 2.24) is 9.96 Å². The molecule has 1 aromatic rings. The number of hydrogen-bond acceptors (Lipinski definition) is 6. The Kier molecular flexibility index (Phi) is 11.1. The molecule has 1 atom stereocenters. The van der Waals surface area contributed by atoms with Gasteiger partial charge in [0.1, 0.15) is 6.04 Å². The lowest BCUT2D eigenvalue weighted by Gasteiger charge is -2.31. The molecule has 0 saturated heterocycles. The third-order valence-corrected chi connectivity index (χ3v) is 4.43. The van der Waals surface area contributed by atoms with E-state index in [4.69, 9.17) is 15.0 Å². The molecule has 172 valence electrons. The highest BCUT2D eigenvalue weighted by Crippen LogP contribution is 2.12. The first-order chi connectivity index (χ1) is 14.7. The van der Waals surface area contributed by atoms with Gasteiger partial charge in [-0.25, -0.2) is 14.4 Å². The predicted molar refractivity (Wildman–Crippen MR) is 115 cm³/mol. The summed E-state index contributed by atoms with van der Waals surface area (Å²) in [5.74, 6) is -2.39. The Labute approximate surface area is 183 Å². The molecule has 9 heteroatoms. The number of hydroxylamine groups is 2. The average Bonchev–Trinajstić information content (AvgIpc) is 2.73. The van der Waals surface area contributed by atoms with Crippen molar-refractivity contribution in [3.8, 4) is 0 Å². The number of likely N-dealkylation sites (N-methyl/N-ethyl adjacent to an activating group) is 1. The lowest BCUT2D eigenvalue weighted by molar-refractivity contribution is -0.170. The Morgan fingerprint density at radius 2 is 1.81 bits per heavy atom. The van der Waals surface area contributed by atoms with Gasteiger partial charge >= 0.3 is 18.0 Å². The van der Waals surface area contributed by atoms with Gasteiger partial charge in [-0.2, -0.15) is 0 Å². The number of rotatable bonds is 10. The second kappa shape index (κ2) is 13.3. The number of ether oxygens (including phenoxy) is 1. The second-order valence-corrected chi connectivity index (χ2v) is 7.64. The fourth-order valence-corrected chi connectivity index (χ4v) is 2.74. The number of guanidine groups is 1. The fourth-order valence-electron chi connectivity index (χ4n) is 2.74. The first-order valence-corrected chi connectivity index (χ1v) is 10.4. The third-order valence-electron chi connectivity index (χ3n) is 4.43. The quantitative estimate of drug-likeness (QED) is 0.327. The molecule has 0 aromatic heterocycles. The molecular formula is C22H33N3O6. The maximum Gasteiger partial charge on any atom is 0.451 e.